The minimum Gasteiger partial charge on any atom is -0.492 e. The fourth-order valence-corrected chi connectivity index (χ4v) is 2.39. The first-order chi connectivity index (χ1) is 13.2. The molecule has 0 amide bonds. The molecule has 8 heteroatoms. The SMILES string of the molecule is CN(C)CCOc1ccc(/C(=C/C(=N)C(F)(F)F)Nc2ccccc2Cl)cc1. The van der Waals surface area contributed by atoms with Gasteiger partial charge in [-0.2, -0.15) is 13.2 Å². The summed E-state index contributed by atoms with van der Waals surface area (Å²) in [4.78, 5) is 1.98. The number of hydrogen-bond acceptors (Lipinski definition) is 4. The Morgan fingerprint density at radius 3 is 2.36 bits per heavy atom. The summed E-state index contributed by atoms with van der Waals surface area (Å²) >= 11 is 6.10. The quantitative estimate of drug-likeness (QED) is 0.578. The molecule has 2 aromatic carbocycles. The predicted octanol–water partition coefficient (Wildman–Crippen LogP) is 5.32. The highest BCUT2D eigenvalue weighted by atomic mass is 35.5. The van der Waals surface area contributed by atoms with E-state index in [0.717, 1.165) is 12.6 Å². The fraction of sp³-hybridized carbons (Fsp3) is 0.250. The standard InChI is InChI=1S/C20H21ClF3N3O/c1-27(2)11-12-28-15-9-7-14(8-10-15)18(13-19(25)20(22,23)24)26-17-6-4-3-5-16(17)21/h3-10,13,25-26H,11-12H2,1-2H3/b18-13-,25-19?. The molecule has 0 atom stereocenters. The van der Waals surface area contributed by atoms with E-state index < -0.39 is 11.9 Å². The van der Waals surface area contributed by atoms with Crippen LogP contribution in [0.1, 0.15) is 5.56 Å². The van der Waals surface area contributed by atoms with Gasteiger partial charge in [-0.3, -0.25) is 5.41 Å². The summed E-state index contributed by atoms with van der Waals surface area (Å²) in [6.07, 6.45) is -4.01. The second kappa shape index (κ2) is 9.61. The summed E-state index contributed by atoms with van der Waals surface area (Å²) in [6.45, 7) is 1.23. The maximum absolute atomic E-state index is 12.9. The summed E-state index contributed by atoms with van der Waals surface area (Å²) in [6, 6.07) is 13.3. The van der Waals surface area contributed by atoms with E-state index in [1.807, 2.05) is 19.0 Å². The van der Waals surface area contributed by atoms with Crippen LogP contribution in [-0.4, -0.2) is 44.0 Å². The van der Waals surface area contributed by atoms with Crippen molar-refractivity contribution in [1.29, 1.82) is 5.41 Å². The molecule has 0 radical (unpaired) electrons. The molecule has 0 spiro atoms. The molecule has 150 valence electrons. The lowest BCUT2D eigenvalue weighted by Gasteiger charge is -2.15. The summed E-state index contributed by atoms with van der Waals surface area (Å²) in [5.74, 6) is 0.605. The van der Waals surface area contributed by atoms with Crippen LogP contribution in [0.5, 0.6) is 5.75 Å². The number of likely N-dealkylation sites (N-methyl/N-ethyl adjacent to an activating group) is 1. The third-order valence-electron chi connectivity index (χ3n) is 3.71. The molecule has 0 bridgehead atoms. The largest absolute Gasteiger partial charge is 0.492 e. The maximum atomic E-state index is 12.9. The first kappa shape index (κ1) is 21.8. The second-order valence-electron chi connectivity index (χ2n) is 6.25. The zero-order valence-electron chi connectivity index (χ0n) is 15.5. The molecular formula is C20H21ClF3N3O. The molecule has 0 fully saturated rings. The number of nitrogens with one attached hydrogen (secondary N) is 2. The van der Waals surface area contributed by atoms with Crippen LogP contribution < -0.4 is 10.1 Å². The van der Waals surface area contributed by atoms with E-state index in [1.54, 1.807) is 48.5 Å². The smallest absolute Gasteiger partial charge is 0.432 e. The highest BCUT2D eigenvalue weighted by molar-refractivity contribution is 6.33. The molecule has 0 unspecified atom stereocenters. The molecule has 0 aliphatic rings. The van der Waals surface area contributed by atoms with Crippen LogP contribution in [0, 0.1) is 5.41 Å². The van der Waals surface area contributed by atoms with Gasteiger partial charge < -0.3 is 15.0 Å². The Bertz CT molecular complexity index is 833. The first-order valence-corrected chi connectivity index (χ1v) is 8.81. The third-order valence-corrected chi connectivity index (χ3v) is 4.04. The van der Waals surface area contributed by atoms with Gasteiger partial charge in [0.05, 0.1) is 10.7 Å². The van der Waals surface area contributed by atoms with Crippen LogP contribution in [0.2, 0.25) is 5.02 Å². The van der Waals surface area contributed by atoms with Gasteiger partial charge >= 0.3 is 6.18 Å². The number of para-hydroxylation sites is 1. The van der Waals surface area contributed by atoms with Crippen LogP contribution in [0.25, 0.3) is 5.70 Å². The zero-order chi connectivity index (χ0) is 20.7. The van der Waals surface area contributed by atoms with Gasteiger partial charge in [-0.15, -0.1) is 0 Å². The number of allylic oxidation sites excluding steroid dienone is 1. The Balaban J connectivity index is 2.27. The molecule has 0 aromatic heterocycles. The Morgan fingerprint density at radius 1 is 1.14 bits per heavy atom. The number of benzene rings is 2. The Labute approximate surface area is 167 Å². The normalized spacial score (nSPS) is 12.2. The topological polar surface area (TPSA) is 48.4 Å². The van der Waals surface area contributed by atoms with Crippen molar-refractivity contribution in [1.82, 2.24) is 4.90 Å². The van der Waals surface area contributed by atoms with Crippen LogP contribution in [0.15, 0.2) is 54.6 Å². The third kappa shape index (κ3) is 6.58. The summed E-state index contributed by atoms with van der Waals surface area (Å²) < 4.78 is 44.2. The van der Waals surface area contributed by atoms with Crippen molar-refractivity contribution in [2.75, 3.05) is 32.6 Å². The van der Waals surface area contributed by atoms with E-state index in [4.69, 9.17) is 21.7 Å². The lowest BCUT2D eigenvalue weighted by atomic mass is 10.1. The number of rotatable bonds is 8. The van der Waals surface area contributed by atoms with Crippen LogP contribution in [0.4, 0.5) is 18.9 Å². The van der Waals surface area contributed by atoms with E-state index >= 15 is 0 Å². The van der Waals surface area contributed by atoms with Gasteiger partial charge in [0.1, 0.15) is 18.1 Å². The lowest BCUT2D eigenvalue weighted by Crippen LogP contribution is -2.20. The van der Waals surface area contributed by atoms with Gasteiger partial charge in [0.15, 0.2) is 0 Å². The van der Waals surface area contributed by atoms with Crippen molar-refractivity contribution in [3.05, 3.63) is 65.2 Å². The molecule has 0 aliphatic heterocycles. The molecule has 0 aliphatic carbocycles. The number of halogens is 4. The van der Waals surface area contributed by atoms with E-state index in [0.29, 0.717) is 28.6 Å². The second-order valence-corrected chi connectivity index (χ2v) is 6.66. The Hall–Kier alpha value is -2.51. The number of alkyl halides is 3. The van der Waals surface area contributed by atoms with Gasteiger partial charge in [-0.1, -0.05) is 23.7 Å². The molecule has 0 saturated carbocycles. The molecule has 0 heterocycles. The molecule has 0 saturated heterocycles. The monoisotopic (exact) mass is 411 g/mol. The molecule has 2 rings (SSSR count). The average molecular weight is 412 g/mol. The highest BCUT2D eigenvalue weighted by Crippen LogP contribution is 2.28. The van der Waals surface area contributed by atoms with Gasteiger partial charge in [-0.25, -0.2) is 0 Å². The van der Waals surface area contributed by atoms with Crippen LogP contribution in [-0.2, 0) is 0 Å². The minimum absolute atomic E-state index is 0.107. The molecule has 28 heavy (non-hydrogen) atoms. The molecule has 2 aromatic rings. The van der Waals surface area contributed by atoms with Crippen molar-refractivity contribution in [2.24, 2.45) is 0 Å². The van der Waals surface area contributed by atoms with Gasteiger partial charge in [0.2, 0.25) is 0 Å². The van der Waals surface area contributed by atoms with E-state index in [9.17, 15) is 13.2 Å². The van der Waals surface area contributed by atoms with Crippen LogP contribution >= 0.6 is 11.6 Å². The zero-order valence-corrected chi connectivity index (χ0v) is 16.2. The van der Waals surface area contributed by atoms with E-state index in [1.165, 1.54) is 0 Å². The summed E-state index contributed by atoms with van der Waals surface area (Å²) in [7, 11) is 3.86. The van der Waals surface area contributed by atoms with Gasteiger partial charge in [0, 0.05) is 12.2 Å². The number of anilines is 1. The number of nitrogens with zero attached hydrogens (tertiary/aromatic N) is 1. The fourth-order valence-electron chi connectivity index (χ4n) is 2.20. The molecule has 2 N–H and O–H groups in total. The molecular weight excluding hydrogens is 391 g/mol. The predicted molar refractivity (Wildman–Crippen MR) is 107 cm³/mol. The van der Waals surface area contributed by atoms with Crippen molar-refractivity contribution in [3.63, 3.8) is 0 Å². The average Bonchev–Trinajstić information content (AvgIpc) is 2.62. The lowest BCUT2D eigenvalue weighted by molar-refractivity contribution is -0.0583. The number of hydrogen-bond donors (Lipinski definition) is 2. The van der Waals surface area contributed by atoms with E-state index in [2.05, 4.69) is 5.32 Å². The van der Waals surface area contributed by atoms with E-state index in [-0.39, 0.29) is 5.70 Å². The van der Waals surface area contributed by atoms with Crippen LogP contribution in [0.3, 0.4) is 0 Å². The van der Waals surface area contributed by atoms with Crippen molar-refractivity contribution in [3.8, 4) is 5.75 Å². The summed E-state index contributed by atoms with van der Waals surface area (Å²) in [5, 5.41) is 10.6. The highest BCUT2D eigenvalue weighted by Gasteiger charge is 2.33. The number of ether oxygens (including phenoxy) is 1. The van der Waals surface area contributed by atoms with Crippen molar-refractivity contribution >= 4 is 28.7 Å². The summed E-state index contributed by atoms with van der Waals surface area (Å²) in [5.41, 5.74) is -0.450. The van der Waals surface area contributed by atoms with Crippen molar-refractivity contribution in [2.45, 2.75) is 6.18 Å². The van der Waals surface area contributed by atoms with Gasteiger partial charge in [-0.05, 0) is 62.1 Å². The van der Waals surface area contributed by atoms with Gasteiger partial charge in [0.25, 0.3) is 0 Å². The Morgan fingerprint density at radius 2 is 1.79 bits per heavy atom. The minimum atomic E-state index is -4.75. The van der Waals surface area contributed by atoms with Crippen molar-refractivity contribution < 1.29 is 17.9 Å². The Kier molecular flexibility index (Phi) is 7.48. The first-order valence-electron chi connectivity index (χ1n) is 8.44. The maximum Gasteiger partial charge on any atom is 0.432 e. The molecule has 4 nitrogen and oxygen atoms in total.